The minimum Gasteiger partial charge on any atom is -0.466 e. The fourth-order valence-corrected chi connectivity index (χ4v) is 4.34. The van der Waals surface area contributed by atoms with Crippen LogP contribution in [-0.4, -0.2) is 58.8 Å². The maximum absolute atomic E-state index is 11.7. The van der Waals surface area contributed by atoms with Crippen LogP contribution >= 0.6 is 11.8 Å². The quantitative estimate of drug-likeness (QED) is 0.804. The number of hydrogen-bond donors (Lipinski definition) is 1. The Morgan fingerprint density at radius 1 is 1.45 bits per heavy atom. The summed E-state index contributed by atoms with van der Waals surface area (Å²) in [6.45, 7) is 7.43. The fraction of sp³-hybridized carbons (Fsp3) is 0.933. The third-order valence-corrected chi connectivity index (χ3v) is 5.52. The molecule has 0 aromatic carbocycles. The molecule has 1 heterocycles. The second-order valence-corrected chi connectivity index (χ2v) is 7.71. The van der Waals surface area contributed by atoms with Crippen LogP contribution in [0, 0.1) is 5.92 Å². The molecule has 0 aromatic rings. The number of hydrogen-bond acceptors (Lipinski definition) is 5. The number of carbonyl (C=O) groups is 1. The summed E-state index contributed by atoms with van der Waals surface area (Å²) in [4.78, 5) is 14.1. The Balaban J connectivity index is 1.80. The third-order valence-electron chi connectivity index (χ3n) is 4.38. The number of nitrogens with zero attached hydrogens (tertiary/aromatic N) is 1. The zero-order chi connectivity index (χ0) is 14.6. The highest BCUT2D eigenvalue weighted by Gasteiger charge is 2.38. The molecule has 1 aliphatic carbocycles. The highest BCUT2D eigenvalue weighted by molar-refractivity contribution is 7.99. The topological polar surface area (TPSA) is 49.8 Å². The van der Waals surface area contributed by atoms with Crippen molar-refractivity contribution in [1.29, 1.82) is 0 Å². The van der Waals surface area contributed by atoms with Gasteiger partial charge in [-0.25, -0.2) is 0 Å². The first kappa shape index (κ1) is 16.1. The summed E-state index contributed by atoms with van der Waals surface area (Å²) >= 11 is 2.01. The molecule has 2 rings (SSSR count). The molecule has 0 aromatic heterocycles. The monoisotopic (exact) mass is 301 g/mol. The third kappa shape index (κ3) is 4.37. The maximum Gasteiger partial charge on any atom is 0.308 e. The van der Waals surface area contributed by atoms with E-state index < -0.39 is 5.60 Å². The van der Waals surface area contributed by atoms with E-state index >= 15 is 0 Å². The SMILES string of the molecule is CCOC(=O)C1CCC(O)(CN2CCSC(C)C2)CC1. The molecule has 5 heteroatoms. The Bertz CT molecular complexity index is 329. The van der Waals surface area contributed by atoms with Gasteiger partial charge in [-0.05, 0) is 32.6 Å². The predicted octanol–water partition coefficient (Wildman–Crippen LogP) is 1.91. The largest absolute Gasteiger partial charge is 0.466 e. The van der Waals surface area contributed by atoms with Crippen molar-refractivity contribution in [1.82, 2.24) is 4.90 Å². The highest BCUT2D eigenvalue weighted by Crippen LogP contribution is 2.34. The van der Waals surface area contributed by atoms with Crippen molar-refractivity contribution in [3.05, 3.63) is 0 Å². The van der Waals surface area contributed by atoms with Crippen molar-refractivity contribution in [2.45, 2.75) is 50.4 Å². The molecule has 1 saturated carbocycles. The summed E-state index contributed by atoms with van der Waals surface area (Å²) in [5, 5.41) is 11.4. The molecule has 1 unspecified atom stereocenters. The summed E-state index contributed by atoms with van der Waals surface area (Å²) in [5.41, 5.74) is -0.606. The molecule has 4 nitrogen and oxygen atoms in total. The van der Waals surface area contributed by atoms with E-state index in [0.717, 1.165) is 38.2 Å². The molecule has 116 valence electrons. The van der Waals surface area contributed by atoms with Crippen LogP contribution in [0.2, 0.25) is 0 Å². The van der Waals surface area contributed by atoms with Gasteiger partial charge in [-0.2, -0.15) is 11.8 Å². The number of thioether (sulfide) groups is 1. The molecule has 0 bridgehead atoms. The molecule has 20 heavy (non-hydrogen) atoms. The first-order valence-corrected chi connectivity index (χ1v) is 8.80. The van der Waals surface area contributed by atoms with Gasteiger partial charge in [0.1, 0.15) is 0 Å². The number of esters is 1. The van der Waals surface area contributed by atoms with Crippen LogP contribution in [0.25, 0.3) is 0 Å². The van der Waals surface area contributed by atoms with Gasteiger partial charge in [-0.1, -0.05) is 6.92 Å². The van der Waals surface area contributed by atoms with Gasteiger partial charge < -0.3 is 9.84 Å². The van der Waals surface area contributed by atoms with E-state index in [1.54, 1.807) is 0 Å². The predicted molar refractivity (Wildman–Crippen MR) is 81.9 cm³/mol. The Kier molecular flexibility index (Phi) is 5.75. The molecular formula is C15H27NO3S. The Morgan fingerprint density at radius 3 is 2.75 bits per heavy atom. The molecule has 0 amide bonds. The molecule has 0 radical (unpaired) electrons. The van der Waals surface area contributed by atoms with E-state index in [-0.39, 0.29) is 11.9 Å². The van der Waals surface area contributed by atoms with Gasteiger partial charge in [-0.15, -0.1) is 0 Å². The average Bonchev–Trinajstić information content (AvgIpc) is 2.39. The second-order valence-electron chi connectivity index (χ2n) is 6.17. The summed E-state index contributed by atoms with van der Waals surface area (Å²) in [5.74, 6) is 1.06. The van der Waals surface area contributed by atoms with Gasteiger partial charge in [0, 0.05) is 30.6 Å². The molecule has 1 aliphatic heterocycles. The number of aliphatic hydroxyl groups is 1. The summed E-state index contributed by atoms with van der Waals surface area (Å²) < 4.78 is 5.08. The van der Waals surface area contributed by atoms with E-state index in [4.69, 9.17) is 4.74 Å². The molecule has 1 atom stereocenters. The fourth-order valence-electron chi connectivity index (χ4n) is 3.26. The van der Waals surface area contributed by atoms with Gasteiger partial charge >= 0.3 is 5.97 Å². The van der Waals surface area contributed by atoms with Crippen molar-refractivity contribution >= 4 is 17.7 Å². The van der Waals surface area contributed by atoms with Crippen molar-refractivity contribution in [2.75, 3.05) is 32.0 Å². The Morgan fingerprint density at radius 2 is 2.15 bits per heavy atom. The average molecular weight is 301 g/mol. The van der Waals surface area contributed by atoms with Crippen LogP contribution in [0.3, 0.4) is 0 Å². The van der Waals surface area contributed by atoms with E-state index in [2.05, 4.69) is 11.8 Å². The van der Waals surface area contributed by atoms with Gasteiger partial charge in [0.15, 0.2) is 0 Å². The first-order chi connectivity index (χ1) is 9.52. The summed E-state index contributed by atoms with van der Waals surface area (Å²) in [6.07, 6.45) is 2.95. The molecule has 2 aliphatic rings. The minimum absolute atomic E-state index is 0.00828. The smallest absolute Gasteiger partial charge is 0.308 e. The van der Waals surface area contributed by atoms with E-state index in [9.17, 15) is 9.90 Å². The van der Waals surface area contributed by atoms with Gasteiger partial charge in [0.25, 0.3) is 0 Å². The van der Waals surface area contributed by atoms with Gasteiger partial charge in [-0.3, -0.25) is 9.69 Å². The van der Waals surface area contributed by atoms with Crippen molar-refractivity contribution < 1.29 is 14.6 Å². The van der Waals surface area contributed by atoms with Crippen LogP contribution in [-0.2, 0) is 9.53 Å². The lowest BCUT2D eigenvalue weighted by Gasteiger charge is -2.41. The first-order valence-electron chi connectivity index (χ1n) is 7.75. The van der Waals surface area contributed by atoms with Crippen molar-refractivity contribution in [2.24, 2.45) is 5.92 Å². The Hall–Kier alpha value is -0.260. The number of ether oxygens (including phenoxy) is 1. The van der Waals surface area contributed by atoms with Crippen LogP contribution in [0.15, 0.2) is 0 Å². The lowest BCUT2D eigenvalue weighted by Crippen LogP contribution is -2.49. The molecule has 0 spiro atoms. The van der Waals surface area contributed by atoms with Crippen molar-refractivity contribution in [3.8, 4) is 0 Å². The van der Waals surface area contributed by atoms with Crippen molar-refractivity contribution in [3.63, 3.8) is 0 Å². The van der Waals surface area contributed by atoms with E-state index in [1.807, 2.05) is 18.7 Å². The van der Waals surface area contributed by atoms with E-state index in [1.165, 1.54) is 0 Å². The second kappa shape index (κ2) is 7.14. The van der Waals surface area contributed by atoms with Crippen LogP contribution < -0.4 is 0 Å². The van der Waals surface area contributed by atoms with E-state index in [0.29, 0.717) is 24.7 Å². The number of rotatable bonds is 4. The molecular weight excluding hydrogens is 274 g/mol. The van der Waals surface area contributed by atoms with Gasteiger partial charge in [0.05, 0.1) is 18.1 Å². The molecule has 1 saturated heterocycles. The normalized spacial score (nSPS) is 35.8. The lowest BCUT2D eigenvalue weighted by atomic mass is 9.78. The highest BCUT2D eigenvalue weighted by atomic mass is 32.2. The zero-order valence-electron chi connectivity index (χ0n) is 12.6. The van der Waals surface area contributed by atoms with Crippen LogP contribution in [0.1, 0.15) is 39.5 Å². The Labute approximate surface area is 126 Å². The standard InChI is InChI=1S/C15H27NO3S/c1-3-19-14(17)13-4-6-15(18,7-5-13)11-16-8-9-20-12(2)10-16/h12-13,18H,3-11H2,1-2H3. The summed E-state index contributed by atoms with van der Waals surface area (Å²) in [6, 6.07) is 0. The van der Waals surface area contributed by atoms with Gasteiger partial charge in [0.2, 0.25) is 0 Å². The lowest BCUT2D eigenvalue weighted by molar-refractivity contribution is -0.151. The molecule has 2 fully saturated rings. The van der Waals surface area contributed by atoms with Crippen LogP contribution in [0.4, 0.5) is 0 Å². The number of carbonyl (C=O) groups excluding carboxylic acids is 1. The van der Waals surface area contributed by atoms with Crippen LogP contribution in [0.5, 0.6) is 0 Å². The number of β-amino-alcohol motifs (C(OH)–C–C–N with tert-alkyl or cyclic N) is 1. The summed E-state index contributed by atoms with van der Waals surface area (Å²) in [7, 11) is 0. The maximum atomic E-state index is 11.7. The minimum atomic E-state index is -0.606. The molecule has 1 N–H and O–H groups in total. The zero-order valence-corrected chi connectivity index (χ0v) is 13.5.